The van der Waals surface area contributed by atoms with E-state index in [4.69, 9.17) is 4.74 Å². The van der Waals surface area contributed by atoms with Crippen molar-refractivity contribution in [3.8, 4) is 5.75 Å². The molecular weight excluding hydrogens is 453 g/mol. The van der Waals surface area contributed by atoms with E-state index in [1.807, 2.05) is 13.1 Å². The Morgan fingerprint density at radius 3 is 2.75 bits per heavy atom. The van der Waals surface area contributed by atoms with Crippen LogP contribution in [0.1, 0.15) is 76.8 Å². The molecule has 3 heterocycles. The van der Waals surface area contributed by atoms with Gasteiger partial charge in [-0.05, 0) is 58.5 Å². The van der Waals surface area contributed by atoms with E-state index >= 15 is 4.39 Å². The summed E-state index contributed by atoms with van der Waals surface area (Å²) in [5.74, 6) is 1.02. The number of fused-ring (bicyclic) bond motifs is 1. The Balaban J connectivity index is 1.61. The van der Waals surface area contributed by atoms with Gasteiger partial charge in [-0.15, -0.1) is 0 Å². The van der Waals surface area contributed by atoms with Crippen molar-refractivity contribution >= 4 is 11.3 Å². The van der Waals surface area contributed by atoms with Crippen LogP contribution >= 0.6 is 0 Å². The van der Waals surface area contributed by atoms with Crippen LogP contribution in [0.3, 0.4) is 0 Å². The standard InChI is InChI=1S/C29H48FN5O/c1-6-7-8-9-10-16-35-21(3)20(2)28(31-4)33-29(35)32-24-19-23-14-18-36-27(23)25(26(24)30)22-12-11-15-34(5)17-13-22/h13,19-21,28-29,31-33H,6-12,14-18H2,1-5H3. The van der Waals surface area contributed by atoms with E-state index in [0.29, 0.717) is 29.8 Å². The number of hydrogen-bond acceptors (Lipinski definition) is 6. The largest absolute Gasteiger partial charge is 0.492 e. The Labute approximate surface area is 218 Å². The van der Waals surface area contributed by atoms with Crippen molar-refractivity contribution in [2.75, 3.05) is 45.7 Å². The predicted octanol–water partition coefficient (Wildman–Crippen LogP) is 5.01. The number of rotatable bonds is 10. The molecule has 7 heteroatoms. The van der Waals surface area contributed by atoms with Gasteiger partial charge in [0.25, 0.3) is 0 Å². The Kier molecular flexibility index (Phi) is 9.67. The van der Waals surface area contributed by atoms with Crippen LogP contribution in [0.5, 0.6) is 5.75 Å². The minimum absolute atomic E-state index is 0.142. The molecule has 0 aliphatic carbocycles. The molecule has 1 saturated heterocycles. The number of nitrogens with one attached hydrogen (secondary N) is 3. The number of nitrogens with zero attached hydrogens (tertiary/aromatic N) is 2. The fraction of sp³-hybridized carbons (Fsp3) is 0.724. The molecule has 4 unspecified atom stereocenters. The molecule has 3 aliphatic heterocycles. The third-order valence-corrected chi connectivity index (χ3v) is 8.47. The summed E-state index contributed by atoms with van der Waals surface area (Å²) in [6, 6.07) is 2.36. The first kappa shape index (κ1) is 27.4. The van der Waals surface area contributed by atoms with Gasteiger partial charge in [0, 0.05) is 37.0 Å². The van der Waals surface area contributed by atoms with Crippen LogP contribution in [0.15, 0.2) is 12.1 Å². The first-order valence-electron chi connectivity index (χ1n) is 14.3. The van der Waals surface area contributed by atoms with E-state index in [0.717, 1.165) is 62.2 Å². The van der Waals surface area contributed by atoms with Crippen molar-refractivity contribution in [2.45, 2.75) is 90.6 Å². The average molecular weight is 502 g/mol. The van der Waals surface area contributed by atoms with Gasteiger partial charge in [-0.3, -0.25) is 10.2 Å². The molecule has 1 aromatic carbocycles. The zero-order valence-corrected chi connectivity index (χ0v) is 23.1. The molecule has 0 spiro atoms. The van der Waals surface area contributed by atoms with E-state index in [1.54, 1.807) is 0 Å². The van der Waals surface area contributed by atoms with E-state index in [1.165, 1.54) is 25.7 Å². The molecular formula is C29H48FN5O. The fourth-order valence-corrected chi connectivity index (χ4v) is 6.01. The lowest BCUT2D eigenvalue weighted by atomic mass is 9.94. The van der Waals surface area contributed by atoms with Crippen LogP contribution < -0.4 is 20.7 Å². The number of ether oxygens (including phenoxy) is 1. The van der Waals surface area contributed by atoms with Crippen molar-refractivity contribution in [3.63, 3.8) is 0 Å². The molecule has 0 saturated carbocycles. The lowest BCUT2D eigenvalue weighted by Crippen LogP contribution is -2.69. The number of allylic oxidation sites excluding steroid dienone is 1. The van der Waals surface area contributed by atoms with Gasteiger partial charge in [0.05, 0.1) is 24.0 Å². The summed E-state index contributed by atoms with van der Waals surface area (Å²) in [6.07, 6.45) is 11.2. The quantitative estimate of drug-likeness (QED) is 0.392. The summed E-state index contributed by atoms with van der Waals surface area (Å²) < 4.78 is 22.3. The van der Waals surface area contributed by atoms with Gasteiger partial charge in [-0.1, -0.05) is 45.6 Å². The highest BCUT2D eigenvalue weighted by molar-refractivity contribution is 5.77. The van der Waals surface area contributed by atoms with E-state index in [-0.39, 0.29) is 18.3 Å². The molecule has 4 atom stereocenters. The second-order valence-electron chi connectivity index (χ2n) is 11.0. The summed E-state index contributed by atoms with van der Waals surface area (Å²) >= 11 is 0. The Bertz CT molecular complexity index is 906. The summed E-state index contributed by atoms with van der Waals surface area (Å²) in [7, 11) is 4.12. The van der Waals surface area contributed by atoms with Gasteiger partial charge in [0.2, 0.25) is 0 Å². The van der Waals surface area contributed by atoms with E-state index in [9.17, 15) is 0 Å². The summed E-state index contributed by atoms with van der Waals surface area (Å²) in [4.78, 5) is 4.78. The number of likely N-dealkylation sites (N-methyl/N-ethyl adjacent to an activating group) is 1. The molecule has 202 valence electrons. The van der Waals surface area contributed by atoms with Crippen LogP contribution in [-0.4, -0.2) is 68.6 Å². The maximum atomic E-state index is 16.3. The molecule has 0 bridgehead atoms. The van der Waals surface area contributed by atoms with Gasteiger partial charge in [-0.25, -0.2) is 4.39 Å². The maximum absolute atomic E-state index is 16.3. The number of benzene rings is 1. The third-order valence-electron chi connectivity index (χ3n) is 8.47. The van der Waals surface area contributed by atoms with Gasteiger partial charge >= 0.3 is 0 Å². The summed E-state index contributed by atoms with van der Waals surface area (Å²) in [5.41, 5.74) is 3.45. The lowest BCUT2D eigenvalue weighted by Gasteiger charge is -2.49. The molecule has 4 rings (SSSR count). The molecule has 0 radical (unpaired) electrons. The van der Waals surface area contributed by atoms with E-state index in [2.05, 4.69) is 59.6 Å². The normalized spacial score (nSPS) is 27.3. The molecule has 0 aromatic heterocycles. The molecule has 6 nitrogen and oxygen atoms in total. The number of hydrogen-bond donors (Lipinski definition) is 3. The van der Waals surface area contributed by atoms with Gasteiger partial charge < -0.3 is 20.3 Å². The highest BCUT2D eigenvalue weighted by atomic mass is 19.1. The lowest BCUT2D eigenvalue weighted by molar-refractivity contribution is 0.0196. The topological polar surface area (TPSA) is 51.8 Å². The highest BCUT2D eigenvalue weighted by Gasteiger charge is 2.38. The number of anilines is 1. The van der Waals surface area contributed by atoms with Gasteiger partial charge in [0.15, 0.2) is 5.82 Å². The number of halogens is 1. The second kappa shape index (κ2) is 12.7. The fourth-order valence-electron chi connectivity index (χ4n) is 6.01. The minimum Gasteiger partial charge on any atom is -0.492 e. The van der Waals surface area contributed by atoms with E-state index < -0.39 is 0 Å². The number of unbranched alkanes of at least 4 members (excludes halogenated alkanes) is 4. The summed E-state index contributed by atoms with van der Waals surface area (Å²) in [6.45, 7) is 10.3. The predicted molar refractivity (Wildman–Crippen MR) is 148 cm³/mol. The van der Waals surface area contributed by atoms with Crippen molar-refractivity contribution in [1.82, 2.24) is 20.4 Å². The molecule has 3 N–H and O–H groups in total. The van der Waals surface area contributed by atoms with Crippen molar-refractivity contribution in [2.24, 2.45) is 5.92 Å². The maximum Gasteiger partial charge on any atom is 0.157 e. The van der Waals surface area contributed by atoms with Crippen molar-refractivity contribution in [3.05, 3.63) is 29.1 Å². The van der Waals surface area contributed by atoms with Crippen LogP contribution in [0.4, 0.5) is 10.1 Å². The minimum atomic E-state index is -0.177. The van der Waals surface area contributed by atoms with Gasteiger partial charge in [-0.2, -0.15) is 0 Å². The van der Waals surface area contributed by atoms with Crippen LogP contribution in [-0.2, 0) is 6.42 Å². The van der Waals surface area contributed by atoms with Crippen molar-refractivity contribution < 1.29 is 9.13 Å². The second-order valence-corrected chi connectivity index (χ2v) is 11.0. The Morgan fingerprint density at radius 1 is 1.17 bits per heavy atom. The van der Waals surface area contributed by atoms with Crippen molar-refractivity contribution in [1.29, 1.82) is 0 Å². The van der Waals surface area contributed by atoms with Crippen LogP contribution in [0.25, 0.3) is 5.57 Å². The van der Waals surface area contributed by atoms with Crippen LogP contribution in [0.2, 0.25) is 0 Å². The molecule has 36 heavy (non-hydrogen) atoms. The third kappa shape index (κ3) is 6.07. The SMILES string of the molecule is CCCCCCCN1C(Nc2cc3c(c(C4=CCN(C)CCC4)c2F)OCC3)NC(NC)C(C)C1C. The Hall–Kier alpha value is -1.67. The first-order valence-corrected chi connectivity index (χ1v) is 14.3. The smallest absolute Gasteiger partial charge is 0.157 e. The zero-order chi connectivity index (χ0) is 25.7. The molecule has 3 aliphatic rings. The Morgan fingerprint density at radius 2 is 1.97 bits per heavy atom. The molecule has 1 aromatic rings. The van der Waals surface area contributed by atoms with Gasteiger partial charge in [0.1, 0.15) is 12.0 Å². The molecule has 1 fully saturated rings. The monoisotopic (exact) mass is 501 g/mol. The molecule has 0 amide bonds. The average Bonchev–Trinajstić information content (AvgIpc) is 3.22. The summed E-state index contributed by atoms with van der Waals surface area (Å²) in [5, 5.41) is 10.8. The van der Waals surface area contributed by atoms with Crippen LogP contribution in [0, 0.1) is 11.7 Å². The first-order chi connectivity index (χ1) is 17.4. The zero-order valence-electron chi connectivity index (χ0n) is 23.1. The highest BCUT2D eigenvalue weighted by Crippen LogP contribution is 2.42.